The van der Waals surface area contributed by atoms with Crippen molar-refractivity contribution in [2.24, 2.45) is 0 Å². The summed E-state index contributed by atoms with van der Waals surface area (Å²) in [6.45, 7) is 2.02. The van der Waals surface area contributed by atoms with Crippen LogP contribution in [0.25, 0.3) is 22.1 Å². The maximum atomic E-state index is 12.2. The highest BCUT2D eigenvalue weighted by Crippen LogP contribution is 2.21. The van der Waals surface area contributed by atoms with Crippen LogP contribution in [0.5, 0.6) is 0 Å². The van der Waals surface area contributed by atoms with Crippen molar-refractivity contribution in [3.05, 3.63) is 46.3 Å². The molecule has 0 fully saturated rings. The molecule has 16 heavy (non-hydrogen) atoms. The molecule has 0 aliphatic carbocycles. The second kappa shape index (κ2) is 3.23. The third kappa shape index (κ3) is 1.11. The van der Waals surface area contributed by atoms with Crippen molar-refractivity contribution in [1.29, 1.82) is 0 Å². The Balaban J connectivity index is 2.62. The summed E-state index contributed by atoms with van der Waals surface area (Å²) < 4.78 is 10.7. The van der Waals surface area contributed by atoms with Gasteiger partial charge in [0.1, 0.15) is 11.0 Å². The Hall–Kier alpha value is -2.03. The molecule has 0 amide bonds. The lowest BCUT2D eigenvalue weighted by molar-refractivity contribution is 0.494. The van der Waals surface area contributed by atoms with E-state index in [0.717, 1.165) is 12.0 Å². The van der Waals surface area contributed by atoms with Crippen LogP contribution in [-0.4, -0.2) is 0 Å². The molecule has 0 spiro atoms. The zero-order valence-electron chi connectivity index (χ0n) is 8.82. The fourth-order valence-corrected chi connectivity index (χ4v) is 1.99. The Morgan fingerprint density at radius 1 is 1.25 bits per heavy atom. The van der Waals surface area contributed by atoms with Gasteiger partial charge in [-0.2, -0.15) is 0 Å². The standard InChI is InChI=1S/C13H10O3/c1-2-8-4-3-5-10-11(8)12(14)9-6-7-15-13(9)16-10/h3-7H,2H2,1H3. The van der Waals surface area contributed by atoms with E-state index in [-0.39, 0.29) is 5.43 Å². The predicted octanol–water partition coefficient (Wildman–Crippen LogP) is 3.10. The van der Waals surface area contributed by atoms with Crippen LogP contribution in [0.2, 0.25) is 0 Å². The molecule has 3 rings (SSSR count). The van der Waals surface area contributed by atoms with E-state index in [2.05, 4.69) is 0 Å². The third-order valence-corrected chi connectivity index (χ3v) is 2.80. The van der Waals surface area contributed by atoms with Crippen LogP contribution in [0, 0.1) is 0 Å². The summed E-state index contributed by atoms with van der Waals surface area (Å²) >= 11 is 0. The van der Waals surface area contributed by atoms with Crippen LogP contribution in [0.3, 0.4) is 0 Å². The lowest BCUT2D eigenvalue weighted by Gasteiger charge is -2.01. The van der Waals surface area contributed by atoms with E-state index in [0.29, 0.717) is 22.1 Å². The highest BCUT2D eigenvalue weighted by atomic mass is 16.5. The molecule has 0 atom stereocenters. The number of rotatable bonds is 1. The Morgan fingerprint density at radius 2 is 2.12 bits per heavy atom. The van der Waals surface area contributed by atoms with Gasteiger partial charge in [0.25, 0.3) is 0 Å². The average Bonchev–Trinajstić information content (AvgIpc) is 2.76. The zero-order chi connectivity index (χ0) is 11.1. The normalized spacial score (nSPS) is 11.3. The summed E-state index contributed by atoms with van der Waals surface area (Å²) in [5, 5.41) is 1.17. The van der Waals surface area contributed by atoms with Crippen LogP contribution >= 0.6 is 0 Å². The first-order chi connectivity index (χ1) is 7.81. The second-order valence-corrected chi connectivity index (χ2v) is 3.70. The summed E-state index contributed by atoms with van der Waals surface area (Å²) in [7, 11) is 0. The predicted molar refractivity (Wildman–Crippen MR) is 61.6 cm³/mol. The summed E-state index contributed by atoms with van der Waals surface area (Å²) in [4.78, 5) is 12.2. The summed E-state index contributed by atoms with van der Waals surface area (Å²) in [6.07, 6.45) is 2.28. The summed E-state index contributed by atoms with van der Waals surface area (Å²) in [5.74, 6) is 0.297. The van der Waals surface area contributed by atoms with Crippen LogP contribution in [0.4, 0.5) is 0 Å². The van der Waals surface area contributed by atoms with Crippen molar-refractivity contribution in [3.63, 3.8) is 0 Å². The molecule has 3 nitrogen and oxygen atoms in total. The molecule has 0 saturated heterocycles. The topological polar surface area (TPSA) is 43.4 Å². The van der Waals surface area contributed by atoms with Crippen molar-refractivity contribution in [2.75, 3.05) is 0 Å². The monoisotopic (exact) mass is 214 g/mol. The molecule has 2 aromatic heterocycles. The Labute approximate surface area is 91.3 Å². The molecule has 3 heteroatoms. The number of benzene rings is 1. The molecular weight excluding hydrogens is 204 g/mol. The molecule has 0 aliphatic heterocycles. The van der Waals surface area contributed by atoms with Crippen molar-refractivity contribution >= 4 is 22.1 Å². The third-order valence-electron chi connectivity index (χ3n) is 2.80. The minimum Gasteiger partial charge on any atom is -0.433 e. The number of fused-ring (bicyclic) bond motifs is 2. The molecule has 0 unspecified atom stereocenters. The number of aryl methyl sites for hydroxylation is 1. The summed E-state index contributed by atoms with van der Waals surface area (Å²) in [5.41, 5.74) is 1.59. The van der Waals surface area contributed by atoms with Crippen molar-refractivity contribution < 1.29 is 8.83 Å². The quantitative estimate of drug-likeness (QED) is 0.625. The van der Waals surface area contributed by atoms with Crippen LogP contribution < -0.4 is 5.43 Å². The Bertz CT molecular complexity index is 719. The molecule has 3 aromatic rings. The molecule has 1 aromatic carbocycles. The van der Waals surface area contributed by atoms with Gasteiger partial charge < -0.3 is 8.83 Å². The lowest BCUT2D eigenvalue weighted by Crippen LogP contribution is -2.03. The van der Waals surface area contributed by atoms with Crippen LogP contribution in [0.1, 0.15) is 12.5 Å². The van der Waals surface area contributed by atoms with Crippen molar-refractivity contribution in [2.45, 2.75) is 13.3 Å². The van der Waals surface area contributed by atoms with Crippen LogP contribution in [0.15, 0.2) is 44.2 Å². The minimum absolute atomic E-state index is 0.0116. The van der Waals surface area contributed by atoms with E-state index >= 15 is 0 Å². The molecule has 0 aliphatic rings. The van der Waals surface area contributed by atoms with Gasteiger partial charge >= 0.3 is 5.78 Å². The highest BCUT2D eigenvalue weighted by Gasteiger charge is 2.11. The van der Waals surface area contributed by atoms with E-state index in [1.54, 1.807) is 12.1 Å². The summed E-state index contributed by atoms with van der Waals surface area (Å²) in [6, 6.07) is 7.27. The Kier molecular flexibility index (Phi) is 1.86. The Morgan fingerprint density at radius 3 is 2.94 bits per heavy atom. The van der Waals surface area contributed by atoms with Gasteiger partial charge in [0.05, 0.1) is 11.6 Å². The first kappa shape index (κ1) is 9.21. The zero-order valence-corrected chi connectivity index (χ0v) is 8.82. The van der Waals surface area contributed by atoms with Crippen molar-refractivity contribution in [3.8, 4) is 0 Å². The fraction of sp³-hybridized carbons (Fsp3) is 0.154. The largest absolute Gasteiger partial charge is 0.433 e. The lowest BCUT2D eigenvalue weighted by atomic mass is 10.1. The SMILES string of the molecule is CCc1cccc2oc3occc3c(=O)c12. The molecular formula is C13H10O3. The van der Waals surface area contributed by atoms with Gasteiger partial charge in [-0.25, -0.2) is 0 Å². The fourth-order valence-electron chi connectivity index (χ4n) is 1.99. The number of hydrogen-bond donors (Lipinski definition) is 0. The van der Waals surface area contributed by atoms with E-state index in [4.69, 9.17) is 8.83 Å². The maximum Gasteiger partial charge on any atom is 0.301 e. The first-order valence-electron chi connectivity index (χ1n) is 5.23. The average molecular weight is 214 g/mol. The van der Waals surface area contributed by atoms with E-state index in [9.17, 15) is 4.79 Å². The molecule has 2 heterocycles. The molecule has 0 saturated carbocycles. The van der Waals surface area contributed by atoms with Gasteiger partial charge in [-0.3, -0.25) is 4.79 Å². The molecule has 0 bridgehead atoms. The van der Waals surface area contributed by atoms with E-state index < -0.39 is 0 Å². The van der Waals surface area contributed by atoms with Gasteiger partial charge in [0.2, 0.25) is 5.43 Å². The highest BCUT2D eigenvalue weighted by molar-refractivity contribution is 5.89. The minimum atomic E-state index is -0.0116. The van der Waals surface area contributed by atoms with Gasteiger partial charge in [-0.15, -0.1) is 0 Å². The van der Waals surface area contributed by atoms with Gasteiger partial charge in [0.15, 0.2) is 0 Å². The smallest absolute Gasteiger partial charge is 0.301 e. The van der Waals surface area contributed by atoms with Gasteiger partial charge in [-0.1, -0.05) is 19.1 Å². The first-order valence-corrected chi connectivity index (χ1v) is 5.23. The van der Waals surface area contributed by atoms with Gasteiger partial charge in [0, 0.05) is 0 Å². The number of hydrogen-bond acceptors (Lipinski definition) is 3. The van der Waals surface area contributed by atoms with Gasteiger partial charge in [-0.05, 0) is 24.1 Å². The number of furan rings is 1. The van der Waals surface area contributed by atoms with E-state index in [1.165, 1.54) is 6.26 Å². The van der Waals surface area contributed by atoms with Crippen molar-refractivity contribution in [1.82, 2.24) is 0 Å². The second-order valence-electron chi connectivity index (χ2n) is 3.70. The maximum absolute atomic E-state index is 12.2. The molecule has 0 radical (unpaired) electrons. The molecule has 80 valence electrons. The van der Waals surface area contributed by atoms with Crippen LogP contribution in [-0.2, 0) is 6.42 Å². The van der Waals surface area contributed by atoms with E-state index in [1.807, 2.05) is 19.1 Å². The molecule has 0 N–H and O–H groups in total.